The van der Waals surface area contributed by atoms with Crippen molar-refractivity contribution in [1.82, 2.24) is 5.32 Å². The van der Waals surface area contributed by atoms with E-state index in [9.17, 15) is 4.79 Å². The van der Waals surface area contributed by atoms with Crippen LogP contribution in [0.5, 0.6) is 0 Å². The summed E-state index contributed by atoms with van der Waals surface area (Å²) in [6, 6.07) is 1.92. The fourth-order valence-corrected chi connectivity index (χ4v) is 1.81. The van der Waals surface area contributed by atoms with Gasteiger partial charge in [0.05, 0.1) is 6.54 Å². The standard InChI is InChI=1S/C12H15NO2S/c1-9(2)12(15)13-7-11-6-10(8-16-11)4-3-5-14/h6,8-9,14H,5,7H2,1-2H3,(H,13,15). The average molecular weight is 237 g/mol. The lowest BCUT2D eigenvalue weighted by Gasteiger charge is -2.05. The van der Waals surface area contributed by atoms with E-state index in [0.29, 0.717) is 6.54 Å². The largest absolute Gasteiger partial charge is 0.384 e. The maximum Gasteiger partial charge on any atom is 0.222 e. The molecule has 0 aliphatic carbocycles. The number of nitrogens with one attached hydrogen (secondary N) is 1. The Morgan fingerprint density at radius 1 is 1.62 bits per heavy atom. The van der Waals surface area contributed by atoms with Gasteiger partial charge in [0.1, 0.15) is 6.61 Å². The molecule has 0 bridgehead atoms. The highest BCUT2D eigenvalue weighted by atomic mass is 32.1. The molecule has 16 heavy (non-hydrogen) atoms. The number of thiophene rings is 1. The van der Waals surface area contributed by atoms with E-state index in [4.69, 9.17) is 5.11 Å². The van der Waals surface area contributed by atoms with Crippen LogP contribution < -0.4 is 5.32 Å². The number of rotatable bonds is 3. The number of aliphatic hydroxyl groups is 1. The lowest BCUT2D eigenvalue weighted by molar-refractivity contribution is -0.124. The Morgan fingerprint density at radius 2 is 2.38 bits per heavy atom. The van der Waals surface area contributed by atoms with Crippen LogP contribution in [-0.2, 0) is 11.3 Å². The fourth-order valence-electron chi connectivity index (χ4n) is 1.06. The van der Waals surface area contributed by atoms with Crippen molar-refractivity contribution in [3.63, 3.8) is 0 Å². The van der Waals surface area contributed by atoms with Crippen molar-refractivity contribution in [3.05, 3.63) is 21.9 Å². The number of carbonyl (C=O) groups excluding carboxylic acids is 1. The Labute approximate surface area is 99.5 Å². The van der Waals surface area contributed by atoms with Crippen LogP contribution in [-0.4, -0.2) is 17.6 Å². The van der Waals surface area contributed by atoms with Crippen LogP contribution in [0.1, 0.15) is 24.3 Å². The van der Waals surface area contributed by atoms with E-state index in [0.717, 1.165) is 10.4 Å². The van der Waals surface area contributed by atoms with E-state index in [2.05, 4.69) is 17.2 Å². The first-order valence-electron chi connectivity index (χ1n) is 5.08. The third-order valence-electron chi connectivity index (χ3n) is 1.93. The predicted octanol–water partition coefficient (Wildman–Crippen LogP) is 1.36. The van der Waals surface area contributed by atoms with Crippen molar-refractivity contribution >= 4 is 17.2 Å². The van der Waals surface area contributed by atoms with Gasteiger partial charge in [-0.25, -0.2) is 0 Å². The molecule has 0 saturated carbocycles. The zero-order valence-corrected chi connectivity index (χ0v) is 10.2. The highest BCUT2D eigenvalue weighted by Gasteiger charge is 2.06. The van der Waals surface area contributed by atoms with Crippen molar-refractivity contribution in [3.8, 4) is 11.8 Å². The number of amides is 1. The van der Waals surface area contributed by atoms with E-state index in [1.165, 1.54) is 0 Å². The second-order valence-corrected chi connectivity index (χ2v) is 4.63. The van der Waals surface area contributed by atoms with Gasteiger partial charge in [-0.3, -0.25) is 4.79 Å². The van der Waals surface area contributed by atoms with Crippen LogP contribution in [0.15, 0.2) is 11.4 Å². The molecule has 4 heteroatoms. The van der Waals surface area contributed by atoms with E-state index in [-0.39, 0.29) is 18.4 Å². The van der Waals surface area contributed by atoms with Gasteiger partial charge in [-0.1, -0.05) is 25.7 Å². The minimum atomic E-state index is -0.130. The van der Waals surface area contributed by atoms with Gasteiger partial charge in [0.15, 0.2) is 0 Å². The first-order chi connectivity index (χ1) is 7.63. The summed E-state index contributed by atoms with van der Waals surface area (Å²) >= 11 is 1.55. The maximum absolute atomic E-state index is 11.3. The molecule has 0 fully saturated rings. The van der Waals surface area contributed by atoms with Gasteiger partial charge >= 0.3 is 0 Å². The summed E-state index contributed by atoms with van der Waals surface area (Å²) in [4.78, 5) is 12.4. The summed E-state index contributed by atoms with van der Waals surface area (Å²) in [5.74, 6) is 5.47. The molecular formula is C12H15NO2S. The van der Waals surface area contributed by atoms with Crippen molar-refractivity contribution in [1.29, 1.82) is 0 Å². The fraction of sp³-hybridized carbons (Fsp3) is 0.417. The summed E-state index contributed by atoms with van der Waals surface area (Å²) in [5.41, 5.74) is 0.882. The Hall–Kier alpha value is -1.31. The van der Waals surface area contributed by atoms with Crippen LogP contribution in [0.25, 0.3) is 0 Å². The van der Waals surface area contributed by atoms with Gasteiger partial charge in [-0.05, 0) is 6.07 Å². The van der Waals surface area contributed by atoms with E-state index in [1.807, 2.05) is 25.3 Å². The monoisotopic (exact) mass is 237 g/mol. The second-order valence-electron chi connectivity index (χ2n) is 3.63. The molecule has 0 radical (unpaired) electrons. The molecule has 86 valence electrons. The molecule has 0 atom stereocenters. The van der Waals surface area contributed by atoms with Gasteiger partial charge < -0.3 is 10.4 Å². The van der Waals surface area contributed by atoms with Crippen LogP contribution in [0.4, 0.5) is 0 Å². The Morgan fingerprint density at radius 3 is 3.00 bits per heavy atom. The number of hydrogen-bond acceptors (Lipinski definition) is 3. The first kappa shape index (κ1) is 12.8. The molecule has 1 heterocycles. The number of aliphatic hydroxyl groups excluding tert-OH is 1. The average Bonchev–Trinajstić information content (AvgIpc) is 2.70. The van der Waals surface area contributed by atoms with Crippen LogP contribution >= 0.6 is 11.3 Å². The van der Waals surface area contributed by atoms with Crippen LogP contribution in [0.3, 0.4) is 0 Å². The van der Waals surface area contributed by atoms with Crippen molar-refractivity contribution in [2.45, 2.75) is 20.4 Å². The molecule has 2 N–H and O–H groups in total. The van der Waals surface area contributed by atoms with E-state index >= 15 is 0 Å². The topological polar surface area (TPSA) is 49.3 Å². The zero-order valence-electron chi connectivity index (χ0n) is 9.41. The third-order valence-corrected chi connectivity index (χ3v) is 2.86. The predicted molar refractivity (Wildman–Crippen MR) is 65.0 cm³/mol. The summed E-state index contributed by atoms with van der Waals surface area (Å²) in [5, 5.41) is 13.3. The zero-order chi connectivity index (χ0) is 12.0. The second kappa shape index (κ2) is 6.31. The van der Waals surface area contributed by atoms with Gasteiger partial charge in [0, 0.05) is 21.7 Å². The highest BCUT2D eigenvalue weighted by molar-refractivity contribution is 7.10. The van der Waals surface area contributed by atoms with Crippen molar-refractivity contribution < 1.29 is 9.90 Å². The highest BCUT2D eigenvalue weighted by Crippen LogP contribution is 2.13. The molecule has 1 aromatic heterocycles. The Balaban J connectivity index is 2.49. The van der Waals surface area contributed by atoms with Gasteiger partial charge in [0.2, 0.25) is 5.91 Å². The van der Waals surface area contributed by atoms with E-state index < -0.39 is 0 Å². The minimum absolute atomic E-state index is 0.00798. The molecule has 0 aliphatic heterocycles. The molecular weight excluding hydrogens is 222 g/mol. The van der Waals surface area contributed by atoms with Gasteiger partial charge in [-0.15, -0.1) is 11.3 Å². The van der Waals surface area contributed by atoms with Crippen LogP contribution in [0, 0.1) is 17.8 Å². The van der Waals surface area contributed by atoms with Crippen molar-refractivity contribution in [2.75, 3.05) is 6.61 Å². The third kappa shape index (κ3) is 4.05. The quantitative estimate of drug-likeness (QED) is 0.780. The molecule has 0 aliphatic rings. The van der Waals surface area contributed by atoms with Gasteiger partial charge in [0.25, 0.3) is 0 Å². The summed E-state index contributed by atoms with van der Waals surface area (Å²) < 4.78 is 0. The SMILES string of the molecule is CC(C)C(=O)NCc1cc(C#CCO)cs1. The van der Waals surface area contributed by atoms with Gasteiger partial charge in [-0.2, -0.15) is 0 Å². The lowest BCUT2D eigenvalue weighted by atomic mass is 10.2. The molecule has 1 amide bonds. The van der Waals surface area contributed by atoms with E-state index in [1.54, 1.807) is 11.3 Å². The minimum Gasteiger partial charge on any atom is -0.384 e. The Bertz CT molecular complexity index is 412. The Kier molecular flexibility index (Phi) is 5.03. The normalized spacial score (nSPS) is 9.75. The molecule has 3 nitrogen and oxygen atoms in total. The molecule has 0 unspecified atom stereocenters. The summed E-state index contributed by atoms with van der Waals surface area (Å²) in [6.45, 7) is 4.14. The van der Waals surface area contributed by atoms with Crippen LogP contribution in [0.2, 0.25) is 0 Å². The summed E-state index contributed by atoms with van der Waals surface area (Å²) in [7, 11) is 0. The molecule has 0 saturated heterocycles. The number of hydrogen-bond donors (Lipinski definition) is 2. The summed E-state index contributed by atoms with van der Waals surface area (Å²) in [6.07, 6.45) is 0. The smallest absolute Gasteiger partial charge is 0.222 e. The van der Waals surface area contributed by atoms with Crippen molar-refractivity contribution in [2.24, 2.45) is 5.92 Å². The number of carbonyl (C=O) groups is 1. The molecule has 1 aromatic rings. The lowest BCUT2D eigenvalue weighted by Crippen LogP contribution is -2.26. The molecule has 1 rings (SSSR count). The molecule has 0 aromatic carbocycles. The maximum atomic E-state index is 11.3. The molecule has 0 spiro atoms. The first-order valence-corrected chi connectivity index (χ1v) is 5.96.